The van der Waals surface area contributed by atoms with Crippen LogP contribution in [0.5, 0.6) is 0 Å². The Balaban J connectivity index is 2.38. The van der Waals surface area contributed by atoms with Gasteiger partial charge in [-0.3, -0.25) is 14.4 Å². The quantitative estimate of drug-likeness (QED) is 0.703. The lowest BCUT2D eigenvalue weighted by Gasteiger charge is -2.06. The first-order valence-corrected chi connectivity index (χ1v) is 7.27. The summed E-state index contributed by atoms with van der Waals surface area (Å²) in [5.41, 5.74) is 1.58. The number of hydrogen-bond donors (Lipinski definition) is 2. The molecule has 22 heavy (non-hydrogen) atoms. The molecule has 1 aromatic carbocycles. The summed E-state index contributed by atoms with van der Waals surface area (Å²) in [6, 6.07) is 7.16. The first-order valence-electron chi connectivity index (χ1n) is 7.27. The molecule has 0 aromatic heterocycles. The topological polar surface area (TPSA) is 84.5 Å². The fraction of sp³-hybridized carbons (Fsp3) is 0.438. The van der Waals surface area contributed by atoms with Crippen molar-refractivity contribution < 1.29 is 19.1 Å². The van der Waals surface area contributed by atoms with Gasteiger partial charge >= 0.3 is 5.97 Å². The van der Waals surface area contributed by atoms with E-state index < -0.39 is 0 Å². The van der Waals surface area contributed by atoms with E-state index in [-0.39, 0.29) is 30.7 Å². The van der Waals surface area contributed by atoms with Crippen molar-refractivity contribution in [3.8, 4) is 0 Å². The molecule has 0 saturated carbocycles. The van der Waals surface area contributed by atoms with Crippen molar-refractivity contribution in [1.29, 1.82) is 0 Å². The van der Waals surface area contributed by atoms with E-state index in [2.05, 4.69) is 15.4 Å². The van der Waals surface area contributed by atoms with Crippen LogP contribution in [0, 0.1) is 0 Å². The molecule has 0 aliphatic rings. The standard InChI is InChI=1S/C16H22N2O4/c1-3-14(19)17-10-8-12-4-6-13(7-5-12)16(21)18-11-9-15(20)22-2/h4-7H,3,8-11H2,1-2H3,(H,17,19)(H,18,21). The number of nitrogens with one attached hydrogen (secondary N) is 2. The van der Waals surface area contributed by atoms with E-state index in [4.69, 9.17) is 0 Å². The summed E-state index contributed by atoms with van der Waals surface area (Å²) in [5, 5.41) is 5.45. The Kier molecular flexibility index (Phi) is 7.67. The number of esters is 1. The van der Waals surface area contributed by atoms with Gasteiger partial charge in [0.15, 0.2) is 0 Å². The first kappa shape index (κ1) is 17.7. The smallest absolute Gasteiger partial charge is 0.307 e. The number of methoxy groups -OCH3 is 1. The van der Waals surface area contributed by atoms with E-state index in [1.54, 1.807) is 12.1 Å². The summed E-state index contributed by atoms with van der Waals surface area (Å²) in [5.74, 6) is -0.555. The molecule has 0 fully saturated rings. The third kappa shape index (κ3) is 6.39. The zero-order valence-corrected chi connectivity index (χ0v) is 13.0. The molecule has 6 heteroatoms. The first-order chi connectivity index (χ1) is 10.6. The van der Waals surface area contributed by atoms with Crippen LogP contribution in [0.3, 0.4) is 0 Å². The van der Waals surface area contributed by atoms with Gasteiger partial charge in [0.05, 0.1) is 13.5 Å². The normalized spacial score (nSPS) is 9.91. The summed E-state index contributed by atoms with van der Waals surface area (Å²) in [6.45, 7) is 2.64. The van der Waals surface area contributed by atoms with E-state index in [9.17, 15) is 14.4 Å². The third-order valence-corrected chi connectivity index (χ3v) is 3.12. The van der Waals surface area contributed by atoms with Crippen LogP contribution in [0.1, 0.15) is 35.7 Å². The van der Waals surface area contributed by atoms with E-state index in [0.29, 0.717) is 18.5 Å². The Labute approximate surface area is 130 Å². The molecule has 0 aliphatic heterocycles. The minimum absolute atomic E-state index is 0.0293. The molecular formula is C16H22N2O4. The van der Waals surface area contributed by atoms with Crippen molar-refractivity contribution in [3.05, 3.63) is 35.4 Å². The second kappa shape index (κ2) is 9.55. The maximum Gasteiger partial charge on any atom is 0.307 e. The van der Waals surface area contributed by atoms with Gasteiger partial charge in [0.25, 0.3) is 5.91 Å². The van der Waals surface area contributed by atoms with Crippen LogP contribution in [-0.2, 0) is 20.7 Å². The Hall–Kier alpha value is -2.37. The molecule has 0 atom stereocenters. The Morgan fingerprint density at radius 3 is 2.32 bits per heavy atom. The molecule has 0 heterocycles. The molecule has 0 unspecified atom stereocenters. The van der Waals surface area contributed by atoms with Crippen LogP contribution in [0.2, 0.25) is 0 Å². The molecule has 0 aliphatic carbocycles. The molecule has 0 radical (unpaired) electrons. The van der Waals surface area contributed by atoms with Gasteiger partial charge in [-0.2, -0.15) is 0 Å². The minimum atomic E-state index is -0.357. The average molecular weight is 306 g/mol. The van der Waals surface area contributed by atoms with Gasteiger partial charge in [-0.05, 0) is 24.1 Å². The maximum atomic E-state index is 11.8. The lowest BCUT2D eigenvalue weighted by molar-refractivity contribution is -0.140. The molecule has 0 bridgehead atoms. The summed E-state index contributed by atoms with van der Waals surface area (Å²) in [4.78, 5) is 33.9. The fourth-order valence-electron chi connectivity index (χ4n) is 1.78. The van der Waals surface area contributed by atoms with Crippen molar-refractivity contribution in [3.63, 3.8) is 0 Å². The van der Waals surface area contributed by atoms with E-state index in [1.165, 1.54) is 7.11 Å². The molecule has 1 rings (SSSR count). The number of amides is 2. The zero-order chi connectivity index (χ0) is 16.4. The van der Waals surface area contributed by atoms with Gasteiger partial charge in [-0.15, -0.1) is 0 Å². The molecule has 6 nitrogen and oxygen atoms in total. The van der Waals surface area contributed by atoms with Gasteiger partial charge in [-0.1, -0.05) is 19.1 Å². The summed E-state index contributed by atoms with van der Waals surface area (Å²) in [7, 11) is 1.31. The van der Waals surface area contributed by atoms with Crippen molar-refractivity contribution >= 4 is 17.8 Å². The lowest BCUT2D eigenvalue weighted by Crippen LogP contribution is -2.26. The van der Waals surface area contributed by atoms with E-state index >= 15 is 0 Å². The van der Waals surface area contributed by atoms with Crippen LogP contribution in [-0.4, -0.2) is 38.0 Å². The predicted octanol–water partition coefficient (Wildman–Crippen LogP) is 1.05. The fourth-order valence-corrected chi connectivity index (χ4v) is 1.78. The van der Waals surface area contributed by atoms with Crippen LogP contribution in [0.15, 0.2) is 24.3 Å². The molecular weight excluding hydrogens is 284 g/mol. The van der Waals surface area contributed by atoms with Crippen LogP contribution >= 0.6 is 0 Å². The predicted molar refractivity (Wildman–Crippen MR) is 82.4 cm³/mol. The van der Waals surface area contributed by atoms with Crippen LogP contribution in [0.4, 0.5) is 0 Å². The SMILES string of the molecule is CCC(=O)NCCc1ccc(C(=O)NCCC(=O)OC)cc1. The summed E-state index contributed by atoms with van der Waals surface area (Å²) in [6.07, 6.45) is 1.35. The number of carbonyl (C=O) groups is 3. The van der Waals surface area contributed by atoms with Crippen LogP contribution < -0.4 is 10.6 Å². The number of ether oxygens (including phenoxy) is 1. The second-order valence-corrected chi connectivity index (χ2v) is 4.73. The highest BCUT2D eigenvalue weighted by molar-refractivity contribution is 5.94. The van der Waals surface area contributed by atoms with Crippen molar-refractivity contribution in [2.45, 2.75) is 26.2 Å². The average Bonchev–Trinajstić information content (AvgIpc) is 2.54. The molecule has 0 saturated heterocycles. The molecule has 2 amide bonds. The molecule has 1 aromatic rings. The Bertz CT molecular complexity index is 511. The Morgan fingerprint density at radius 2 is 1.73 bits per heavy atom. The molecule has 120 valence electrons. The summed E-state index contributed by atoms with van der Waals surface area (Å²) >= 11 is 0. The molecule has 0 spiro atoms. The van der Waals surface area contributed by atoms with Gasteiger partial charge in [0, 0.05) is 25.1 Å². The number of hydrogen-bond acceptors (Lipinski definition) is 4. The highest BCUT2D eigenvalue weighted by Crippen LogP contribution is 2.05. The maximum absolute atomic E-state index is 11.8. The van der Waals surface area contributed by atoms with Gasteiger partial charge in [-0.25, -0.2) is 0 Å². The van der Waals surface area contributed by atoms with Crippen molar-refractivity contribution in [2.75, 3.05) is 20.2 Å². The van der Waals surface area contributed by atoms with Crippen LogP contribution in [0.25, 0.3) is 0 Å². The largest absolute Gasteiger partial charge is 0.469 e. The zero-order valence-electron chi connectivity index (χ0n) is 13.0. The second-order valence-electron chi connectivity index (χ2n) is 4.73. The Morgan fingerprint density at radius 1 is 1.05 bits per heavy atom. The molecule has 2 N–H and O–H groups in total. The van der Waals surface area contributed by atoms with Gasteiger partial charge in [0.2, 0.25) is 5.91 Å². The van der Waals surface area contributed by atoms with E-state index in [0.717, 1.165) is 12.0 Å². The van der Waals surface area contributed by atoms with Gasteiger partial charge in [0.1, 0.15) is 0 Å². The highest BCUT2D eigenvalue weighted by Gasteiger charge is 2.06. The number of rotatable bonds is 8. The number of carbonyl (C=O) groups excluding carboxylic acids is 3. The van der Waals surface area contributed by atoms with Crippen molar-refractivity contribution in [1.82, 2.24) is 10.6 Å². The van der Waals surface area contributed by atoms with Crippen molar-refractivity contribution in [2.24, 2.45) is 0 Å². The minimum Gasteiger partial charge on any atom is -0.469 e. The highest BCUT2D eigenvalue weighted by atomic mass is 16.5. The van der Waals surface area contributed by atoms with E-state index in [1.807, 2.05) is 19.1 Å². The number of benzene rings is 1. The monoisotopic (exact) mass is 306 g/mol. The van der Waals surface area contributed by atoms with Gasteiger partial charge < -0.3 is 15.4 Å². The third-order valence-electron chi connectivity index (χ3n) is 3.12. The lowest BCUT2D eigenvalue weighted by atomic mass is 10.1. The summed E-state index contributed by atoms with van der Waals surface area (Å²) < 4.78 is 4.50.